The number of hydrogen-bond acceptors (Lipinski definition) is 3. The smallest absolute Gasteiger partial charge is 0.412 e. The van der Waals surface area contributed by atoms with E-state index in [2.05, 4.69) is 5.32 Å². The molecule has 19 heavy (non-hydrogen) atoms. The molecule has 106 valence electrons. The van der Waals surface area contributed by atoms with Gasteiger partial charge in [0.25, 0.3) is 0 Å². The van der Waals surface area contributed by atoms with Gasteiger partial charge in [-0.15, -0.1) is 0 Å². The van der Waals surface area contributed by atoms with Crippen LogP contribution in [0.25, 0.3) is 0 Å². The summed E-state index contributed by atoms with van der Waals surface area (Å²) in [6.07, 6.45) is 0.325. The Kier molecular flexibility index (Phi) is 5.30. The van der Waals surface area contributed by atoms with Crippen molar-refractivity contribution in [2.24, 2.45) is 0 Å². The van der Waals surface area contributed by atoms with Crippen molar-refractivity contribution < 1.29 is 19.0 Å². The third-order valence-electron chi connectivity index (χ3n) is 2.30. The molecule has 0 saturated heterocycles. The summed E-state index contributed by atoms with van der Waals surface area (Å²) in [5.41, 5.74) is 0.357. The summed E-state index contributed by atoms with van der Waals surface area (Å²) in [5, 5.41) is 11.3. The van der Waals surface area contributed by atoms with E-state index in [0.29, 0.717) is 24.1 Å². The predicted molar refractivity (Wildman–Crippen MR) is 71.7 cm³/mol. The van der Waals surface area contributed by atoms with Crippen LogP contribution in [0.2, 0.25) is 0 Å². The molecule has 0 spiro atoms. The molecule has 0 saturated carbocycles. The average molecular weight is 269 g/mol. The summed E-state index contributed by atoms with van der Waals surface area (Å²) in [7, 11) is 0. The number of carbonyl (C=O) groups is 1. The molecule has 0 heterocycles. The molecule has 2 N–H and O–H groups in total. The molecule has 0 aliphatic heterocycles. The van der Waals surface area contributed by atoms with E-state index in [1.54, 1.807) is 26.8 Å². The van der Waals surface area contributed by atoms with Gasteiger partial charge in [-0.2, -0.15) is 0 Å². The molecule has 4 nitrogen and oxygen atoms in total. The van der Waals surface area contributed by atoms with Crippen LogP contribution in [0.1, 0.15) is 32.8 Å². The first-order valence-corrected chi connectivity index (χ1v) is 6.21. The van der Waals surface area contributed by atoms with Gasteiger partial charge >= 0.3 is 6.09 Å². The number of anilines is 1. The largest absolute Gasteiger partial charge is 0.444 e. The van der Waals surface area contributed by atoms with Crippen LogP contribution in [0.5, 0.6) is 0 Å². The molecule has 1 aromatic rings. The van der Waals surface area contributed by atoms with Crippen LogP contribution in [0.3, 0.4) is 0 Å². The van der Waals surface area contributed by atoms with Crippen molar-refractivity contribution in [1.29, 1.82) is 0 Å². The van der Waals surface area contributed by atoms with Gasteiger partial charge in [0.2, 0.25) is 0 Å². The SMILES string of the molecule is CC(C)(C)OC(=O)Nc1ccc(F)c(CCCO)c1. The molecule has 0 aliphatic rings. The lowest BCUT2D eigenvalue weighted by Gasteiger charge is -2.19. The van der Waals surface area contributed by atoms with E-state index >= 15 is 0 Å². The first-order valence-electron chi connectivity index (χ1n) is 6.21. The average Bonchev–Trinajstić information content (AvgIpc) is 2.27. The minimum absolute atomic E-state index is 0.00314. The topological polar surface area (TPSA) is 58.6 Å². The Labute approximate surface area is 112 Å². The van der Waals surface area contributed by atoms with Gasteiger partial charge in [0.05, 0.1) is 0 Å². The highest BCUT2D eigenvalue weighted by atomic mass is 19.1. The summed E-state index contributed by atoms with van der Waals surface area (Å²) in [6, 6.07) is 4.32. The zero-order valence-corrected chi connectivity index (χ0v) is 11.5. The normalized spacial score (nSPS) is 11.2. The Balaban J connectivity index is 2.71. The maximum absolute atomic E-state index is 13.5. The number of aliphatic hydroxyl groups is 1. The summed E-state index contributed by atoms with van der Waals surface area (Å²) in [5.74, 6) is -0.344. The number of benzene rings is 1. The molecular formula is C14H20FNO3. The number of halogens is 1. The minimum Gasteiger partial charge on any atom is -0.444 e. The number of amides is 1. The highest BCUT2D eigenvalue weighted by Gasteiger charge is 2.16. The third-order valence-corrected chi connectivity index (χ3v) is 2.30. The molecule has 5 heteroatoms. The van der Waals surface area contributed by atoms with Gasteiger partial charge < -0.3 is 9.84 Å². The summed E-state index contributed by atoms with van der Waals surface area (Å²) in [6.45, 7) is 5.31. The monoisotopic (exact) mass is 269 g/mol. The van der Waals surface area contributed by atoms with Crippen LogP contribution in [0.4, 0.5) is 14.9 Å². The van der Waals surface area contributed by atoms with Gasteiger partial charge in [-0.05, 0) is 57.4 Å². The second kappa shape index (κ2) is 6.52. The van der Waals surface area contributed by atoms with Gasteiger partial charge in [0, 0.05) is 12.3 Å². The summed E-state index contributed by atoms with van der Waals surface area (Å²) in [4.78, 5) is 11.6. The number of aliphatic hydroxyl groups excluding tert-OH is 1. The number of carbonyl (C=O) groups excluding carboxylic acids is 1. The Morgan fingerprint density at radius 1 is 1.42 bits per heavy atom. The van der Waals surface area contributed by atoms with Crippen LogP contribution >= 0.6 is 0 Å². The molecule has 0 atom stereocenters. The van der Waals surface area contributed by atoms with Crippen molar-refractivity contribution in [1.82, 2.24) is 0 Å². The molecule has 0 aliphatic carbocycles. The van der Waals surface area contributed by atoms with Gasteiger partial charge in [-0.1, -0.05) is 0 Å². The Hall–Kier alpha value is -1.62. The lowest BCUT2D eigenvalue weighted by molar-refractivity contribution is 0.0636. The van der Waals surface area contributed by atoms with Crippen molar-refractivity contribution in [3.05, 3.63) is 29.6 Å². The zero-order chi connectivity index (χ0) is 14.5. The standard InChI is InChI=1S/C14H20FNO3/c1-14(2,3)19-13(18)16-11-6-7-12(15)10(9-11)5-4-8-17/h6-7,9,17H,4-5,8H2,1-3H3,(H,16,18). The number of nitrogens with one attached hydrogen (secondary N) is 1. The van der Waals surface area contributed by atoms with Crippen molar-refractivity contribution >= 4 is 11.8 Å². The van der Waals surface area contributed by atoms with Crippen molar-refractivity contribution in [3.8, 4) is 0 Å². The predicted octanol–water partition coefficient (Wildman–Crippen LogP) is 3.10. The highest BCUT2D eigenvalue weighted by Crippen LogP contribution is 2.17. The van der Waals surface area contributed by atoms with Gasteiger partial charge in [0.1, 0.15) is 11.4 Å². The van der Waals surface area contributed by atoms with Crippen LogP contribution in [0.15, 0.2) is 18.2 Å². The molecule has 0 radical (unpaired) electrons. The summed E-state index contributed by atoms with van der Waals surface area (Å²) < 4.78 is 18.6. The Bertz CT molecular complexity index is 441. The van der Waals surface area contributed by atoms with E-state index in [1.807, 2.05) is 0 Å². The third kappa shape index (κ3) is 5.70. The van der Waals surface area contributed by atoms with E-state index < -0.39 is 11.7 Å². The molecule has 0 fully saturated rings. The quantitative estimate of drug-likeness (QED) is 0.883. The second-order valence-corrected chi connectivity index (χ2v) is 5.26. The maximum Gasteiger partial charge on any atom is 0.412 e. The molecule has 1 amide bonds. The first-order chi connectivity index (χ1) is 8.81. The Morgan fingerprint density at radius 2 is 2.11 bits per heavy atom. The van der Waals surface area contributed by atoms with Crippen molar-refractivity contribution in [3.63, 3.8) is 0 Å². The van der Waals surface area contributed by atoms with Gasteiger partial charge in [0.15, 0.2) is 0 Å². The van der Waals surface area contributed by atoms with Crippen LogP contribution in [-0.4, -0.2) is 23.4 Å². The van der Waals surface area contributed by atoms with E-state index in [1.165, 1.54) is 12.1 Å². The number of hydrogen-bond donors (Lipinski definition) is 2. The number of aryl methyl sites for hydroxylation is 1. The lowest BCUT2D eigenvalue weighted by Crippen LogP contribution is -2.27. The molecule has 1 rings (SSSR count). The fourth-order valence-electron chi connectivity index (χ4n) is 1.54. The first kappa shape index (κ1) is 15.4. The highest BCUT2D eigenvalue weighted by molar-refractivity contribution is 5.84. The number of rotatable bonds is 4. The lowest BCUT2D eigenvalue weighted by atomic mass is 10.1. The molecule has 0 unspecified atom stereocenters. The molecule has 0 aromatic heterocycles. The van der Waals surface area contributed by atoms with Crippen molar-refractivity contribution in [2.75, 3.05) is 11.9 Å². The Morgan fingerprint density at radius 3 is 2.68 bits per heavy atom. The fraction of sp³-hybridized carbons (Fsp3) is 0.500. The molecule has 0 bridgehead atoms. The number of ether oxygens (including phenoxy) is 1. The second-order valence-electron chi connectivity index (χ2n) is 5.26. The fourth-order valence-corrected chi connectivity index (χ4v) is 1.54. The van der Waals surface area contributed by atoms with E-state index in [0.717, 1.165) is 0 Å². The molecular weight excluding hydrogens is 249 g/mol. The van der Waals surface area contributed by atoms with Gasteiger partial charge in [-0.25, -0.2) is 9.18 Å². The van der Waals surface area contributed by atoms with Crippen LogP contribution in [0, 0.1) is 5.82 Å². The zero-order valence-electron chi connectivity index (χ0n) is 11.5. The van der Waals surface area contributed by atoms with E-state index in [4.69, 9.17) is 9.84 Å². The summed E-state index contributed by atoms with van der Waals surface area (Å²) >= 11 is 0. The van der Waals surface area contributed by atoms with E-state index in [9.17, 15) is 9.18 Å². The maximum atomic E-state index is 13.5. The van der Waals surface area contributed by atoms with Crippen LogP contribution in [-0.2, 0) is 11.2 Å². The molecule has 1 aromatic carbocycles. The van der Waals surface area contributed by atoms with E-state index in [-0.39, 0.29) is 12.4 Å². The van der Waals surface area contributed by atoms with Gasteiger partial charge in [-0.3, -0.25) is 5.32 Å². The van der Waals surface area contributed by atoms with Crippen molar-refractivity contribution in [2.45, 2.75) is 39.2 Å². The van der Waals surface area contributed by atoms with Crippen LogP contribution < -0.4 is 5.32 Å². The minimum atomic E-state index is -0.580.